The SMILES string of the molecule is O=C(O)c1cc(Cl)ccc1Nc1ccc(I)cc1Cl. The molecule has 2 aromatic rings. The van der Waals surface area contributed by atoms with Crippen molar-refractivity contribution in [2.75, 3.05) is 5.32 Å². The van der Waals surface area contributed by atoms with E-state index in [9.17, 15) is 4.79 Å². The minimum Gasteiger partial charge on any atom is -0.478 e. The molecule has 0 amide bonds. The molecule has 3 nitrogen and oxygen atoms in total. The van der Waals surface area contributed by atoms with E-state index < -0.39 is 5.97 Å². The van der Waals surface area contributed by atoms with E-state index in [1.165, 1.54) is 6.07 Å². The van der Waals surface area contributed by atoms with Gasteiger partial charge in [0.2, 0.25) is 0 Å². The van der Waals surface area contributed by atoms with Gasteiger partial charge in [0.05, 0.1) is 22.0 Å². The average Bonchev–Trinajstić information content (AvgIpc) is 2.34. The zero-order valence-electron chi connectivity index (χ0n) is 9.45. The molecule has 0 bridgehead atoms. The molecule has 0 unspecified atom stereocenters. The van der Waals surface area contributed by atoms with Crippen molar-refractivity contribution in [1.29, 1.82) is 0 Å². The Morgan fingerprint density at radius 3 is 2.42 bits per heavy atom. The van der Waals surface area contributed by atoms with Crippen LogP contribution in [0.25, 0.3) is 0 Å². The number of hydrogen-bond donors (Lipinski definition) is 2. The van der Waals surface area contributed by atoms with E-state index in [4.69, 9.17) is 28.3 Å². The second-order valence-electron chi connectivity index (χ2n) is 3.74. The van der Waals surface area contributed by atoms with Gasteiger partial charge in [-0.15, -0.1) is 0 Å². The first-order valence-electron chi connectivity index (χ1n) is 5.22. The van der Waals surface area contributed by atoms with Crippen molar-refractivity contribution in [3.8, 4) is 0 Å². The minimum atomic E-state index is -1.05. The maximum absolute atomic E-state index is 11.2. The van der Waals surface area contributed by atoms with Gasteiger partial charge in [-0.25, -0.2) is 4.79 Å². The van der Waals surface area contributed by atoms with E-state index in [2.05, 4.69) is 27.9 Å². The average molecular weight is 408 g/mol. The summed E-state index contributed by atoms with van der Waals surface area (Å²) in [6.07, 6.45) is 0. The summed E-state index contributed by atoms with van der Waals surface area (Å²) in [5, 5.41) is 13.0. The molecule has 0 radical (unpaired) electrons. The number of benzene rings is 2. The number of hydrogen-bond acceptors (Lipinski definition) is 2. The molecule has 19 heavy (non-hydrogen) atoms. The molecule has 0 fully saturated rings. The summed E-state index contributed by atoms with van der Waals surface area (Å²) in [6.45, 7) is 0. The van der Waals surface area contributed by atoms with Crippen molar-refractivity contribution in [2.24, 2.45) is 0 Å². The fraction of sp³-hybridized carbons (Fsp3) is 0. The molecule has 0 aliphatic heterocycles. The Kier molecular flexibility index (Phi) is 4.54. The Morgan fingerprint density at radius 2 is 1.79 bits per heavy atom. The lowest BCUT2D eigenvalue weighted by Gasteiger charge is -2.11. The largest absolute Gasteiger partial charge is 0.478 e. The molecule has 0 saturated heterocycles. The first-order valence-corrected chi connectivity index (χ1v) is 7.06. The Balaban J connectivity index is 2.40. The minimum absolute atomic E-state index is 0.0992. The summed E-state index contributed by atoms with van der Waals surface area (Å²) in [6, 6.07) is 10.1. The lowest BCUT2D eigenvalue weighted by atomic mass is 10.1. The maximum atomic E-state index is 11.2. The van der Waals surface area contributed by atoms with Crippen LogP contribution in [-0.4, -0.2) is 11.1 Å². The summed E-state index contributed by atoms with van der Waals surface area (Å²) in [5.41, 5.74) is 1.19. The Bertz CT molecular complexity index is 647. The fourth-order valence-corrected chi connectivity index (χ4v) is 2.61. The summed E-state index contributed by atoms with van der Waals surface area (Å²) < 4.78 is 1.00. The molecule has 0 atom stereocenters. The summed E-state index contributed by atoms with van der Waals surface area (Å²) in [5.74, 6) is -1.05. The second kappa shape index (κ2) is 5.98. The Hall–Kier alpha value is -0.980. The third-order valence-electron chi connectivity index (χ3n) is 2.41. The van der Waals surface area contributed by atoms with Gasteiger partial charge in [0.1, 0.15) is 0 Å². The smallest absolute Gasteiger partial charge is 0.337 e. The third kappa shape index (κ3) is 3.52. The van der Waals surface area contributed by atoms with Gasteiger partial charge < -0.3 is 10.4 Å². The zero-order valence-corrected chi connectivity index (χ0v) is 13.1. The van der Waals surface area contributed by atoms with Crippen LogP contribution in [0.3, 0.4) is 0 Å². The van der Waals surface area contributed by atoms with Gasteiger partial charge in [0.15, 0.2) is 0 Å². The van der Waals surface area contributed by atoms with Gasteiger partial charge in [-0.2, -0.15) is 0 Å². The molecule has 2 N–H and O–H groups in total. The van der Waals surface area contributed by atoms with Gasteiger partial charge in [-0.05, 0) is 59.0 Å². The van der Waals surface area contributed by atoms with Crippen LogP contribution in [0.2, 0.25) is 10.0 Å². The van der Waals surface area contributed by atoms with Crippen molar-refractivity contribution in [3.05, 3.63) is 55.6 Å². The number of halogens is 3. The zero-order chi connectivity index (χ0) is 14.0. The Labute approximate surface area is 133 Å². The normalized spacial score (nSPS) is 10.3. The fourth-order valence-electron chi connectivity index (χ4n) is 1.54. The molecule has 98 valence electrons. The third-order valence-corrected chi connectivity index (χ3v) is 3.63. The lowest BCUT2D eigenvalue weighted by molar-refractivity contribution is 0.0698. The summed E-state index contributed by atoms with van der Waals surface area (Å²) >= 11 is 14.1. The maximum Gasteiger partial charge on any atom is 0.337 e. The molecule has 0 aliphatic carbocycles. The highest BCUT2D eigenvalue weighted by atomic mass is 127. The van der Waals surface area contributed by atoms with Gasteiger partial charge in [0, 0.05) is 8.59 Å². The lowest BCUT2D eigenvalue weighted by Crippen LogP contribution is -2.03. The van der Waals surface area contributed by atoms with E-state index >= 15 is 0 Å². The second-order valence-corrected chi connectivity index (χ2v) is 5.83. The highest BCUT2D eigenvalue weighted by molar-refractivity contribution is 14.1. The van der Waals surface area contributed by atoms with Crippen molar-refractivity contribution >= 4 is 63.1 Å². The molecule has 6 heteroatoms. The van der Waals surface area contributed by atoms with E-state index in [0.717, 1.165) is 3.57 Å². The molecule has 0 aromatic heterocycles. The predicted octanol–water partition coefficient (Wildman–Crippen LogP) is 5.04. The van der Waals surface area contributed by atoms with Crippen LogP contribution < -0.4 is 5.32 Å². The highest BCUT2D eigenvalue weighted by Gasteiger charge is 2.12. The molecule has 0 heterocycles. The van der Waals surface area contributed by atoms with Gasteiger partial charge in [-0.1, -0.05) is 23.2 Å². The van der Waals surface area contributed by atoms with E-state index in [1.807, 2.05) is 6.07 Å². The molecule has 2 aromatic carbocycles. The molecular weight excluding hydrogens is 400 g/mol. The monoisotopic (exact) mass is 407 g/mol. The quantitative estimate of drug-likeness (QED) is 0.700. The van der Waals surface area contributed by atoms with Crippen LogP contribution in [0.5, 0.6) is 0 Å². The number of carboxylic acids is 1. The highest BCUT2D eigenvalue weighted by Crippen LogP contribution is 2.29. The van der Waals surface area contributed by atoms with Crippen molar-refractivity contribution in [3.63, 3.8) is 0 Å². The topological polar surface area (TPSA) is 49.3 Å². The number of nitrogens with one attached hydrogen (secondary N) is 1. The standard InChI is InChI=1S/C13H8Cl2INO2/c14-7-1-3-11(9(5-7)13(18)19)17-12-4-2-8(16)6-10(12)15/h1-6,17H,(H,18,19). The molecule has 2 rings (SSSR count). The van der Waals surface area contributed by atoms with Gasteiger partial charge >= 0.3 is 5.97 Å². The van der Waals surface area contributed by atoms with Gasteiger partial charge in [0.25, 0.3) is 0 Å². The van der Waals surface area contributed by atoms with Crippen LogP contribution in [0.4, 0.5) is 11.4 Å². The van der Waals surface area contributed by atoms with Crippen LogP contribution in [0.15, 0.2) is 36.4 Å². The van der Waals surface area contributed by atoms with Crippen LogP contribution in [0.1, 0.15) is 10.4 Å². The number of anilines is 2. The van der Waals surface area contributed by atoms with Crippen LogP contribution in [-0.2, 0) is 0 Å². The van der Waals surface area contributed by atoms with Gasteiger partial charge in [-0.3, -0.25) is 0 Å². The number of aromatic carboxylic acids is 1. The number of carbonyl (C=O) groups is 1. The van der Waals surface area contributed by atoms with E-state index in [0.29, 0.717) is 21.4 Å². The van der Waals surface area contributed by atoms with Crippen molar-refractivity contribution in [1.82, 2.24) is 0 Å². The molecule has 0 aliphatic rings. The van der Waals surface area contributed by atoms with E-state index in [-0.39, 0.29) is 5.56 Å². The number of rotatable bonds is 3. The summed E-state index contributed by atoms with van der Waals surface area (Å²) in [7, 11) is 0. The molecule has 0 saturated carbocycles. The van der Waals surface area contributed by atoms with E-state index in [1.54, 1.807) is 24.3 Å². The first-order chi connectivity index (χ1) is 8.97. The van der Waals surface area contributed by atoms with Crippen LogP contribution >= 0.6 is 45.8 Å². The van der Waals surface area contributed by atoms with Crippen molar-refractivity contribution < 1.29 is 9.90 Å². The van der Waals surface area contributed by atoms with Crippen LogP contribution in [0, 0.1) is 3.57 Å². The predicted molar refractivity (Wildman–Crippen MR) is 85.9 cm³/mol. The molecule has 0 spiro atoms. The Morgan fingerprint density at radius 1 is 1.11 bits per heavy atom. The van der Waals surface area contributed by atoms with Crippen molar-refractivity contribution in [2.45, 2.75) is 0 Å². The first kappa shape index (κ1) is 14.4. The summed E-state index contributed by atoms with van der Waals surface area (Å²) in [4.78, 5) is 11.2. The molecular formula is C13H8Cl2INO2. The number of carboxylic acid groups (broad SMARTS) is 1.